The zero-order chi connectivity index (χ0) is 13.9. The fourth-order valence-corrected chi connectivity index (χ4v) is 2.35. The SMILES string of the molecule is NCC(c1ccccn1)C(O)c1cc2ccccc2o1. The molecule has 0 aliphatic rings. The van der Waals surface area contributed by atoms with Gasteiger partial charge in [-0.1, -0.05) is 24.3 Å². The molecule has 1 aromatic carbocycles. The first-order valence-corrected chi connectivity index (χ1v) is 6.57. The lowest BCUT2D eigenvalue weighted by molar-refractivity contribution is 0.122. The molecule has 0 amide bonds. The summed E-state index contributed by atoms with van der Waals surface area (Å²) in [7, 11) is 0. The average molecular weight is 268 g/mol. The first-order chi connectivity index (χ1) is 9.79. The van der Waals surface area contributed by atoms with E-state index in [1.54, 1.807) is 6.20 Å². The molecule has 0 aliphatic carbocycles. The Kier molecular flexibility index (Phi) is 3.50. The molecule has 20 heavy (non-hydrogen) atoms. The number of fused-ring (bicyclic) bond motifs is 1. The van der Waals surface area contributed by atoms with Crippen molar-refractivity contribution in [2.24, 2.45) is 5.73 Å². The van der Waals surface area contributed by atoms with Crippen molar-refractivity contribution in [1.29, 1.82) is 0 Å². The van der Waals surface area contributed by atoms with Gasteiger partial charge in [-0.2, -0.15) is 0 Å². The number of nitrogens with zero attached hydrogens (tertiary/aromatic N) is 1. The molecule has 0 radical (unpaired) electrons. The highest BCUT2D eigenvalue weighted by Gasteiger charge is 2.25. The van der Waals surface area contributed by atoms with E-state index in [0.29, 0.717) is 12.3 Å². The smallest absolute Gasteiger partial charge is 0.134 e. The summed E-state index contributed by atoms with van der Waals surface area (Å²) in [6.07, 6.45) is 0.894. The third-order valence-corrected chi connectivity index (χ3v) is 3.44. The first-order valence-electron chi connectivity index (χ1n) is 6.57. The molecule has 102 valence electrons. The summed E-state index contributed by atoms with van der Waals surface area (Å²) in [6, 6.07) is 15.1. The maximum absolute atomic E-state index is 10.5. The molecule has 0 fully saturated rings. The lowest BCUT2D eigenvalue weighted by atomic mass is 9.96. The summed E-state index contributed by atoms with van der Waals surface area (Å²) in [4.78, 5) is 4.27. The van der Waals surface area contributed by atoms with E-state index in [1.807, 2.05) is 48.5 Å². The van der Waals surface area contributed by atoms with Crippen LogP contribution in [0, 0.1) is 0 Å². The Morgan fingerprint density at radius 2 is 1.95 bits per heavy atom. The topological polar surface area (TPSA) is 72.3 Å². The summed E-state index contributed by atoms with van der Waals surface area (Å²) in [5.74, 6) is 0.240. The van der Waals surface area contributed by atoms with Crippen LogP contribution in [-0.4, -0.2) is 16.6 Å². The molecule has 0 saturated heterocycles. The molecule has 4 heteroatoms. The van der Waals surface area contributed by atoms with Gasteiger partial charge >= 0.3 is 0 Å². The highest BCUT2D eigenvalue weighted by molar-refractivity contribution is 5.77. The Morgan fingerprint density at radius 1 is 1.15 bits per heavy atom. The summed E-state index contributed by atoms with van der Waals surface area (Å²) in [6.45, 7) is 0.301. The second kappa shape index (κ2) is 5.45. The summed E-state index contributed by atoms with van der Waals surface area (Å²) in [5, 5.41) is 11.5. The van der Waals surface area contributed by atoms with Gasteiger partial charge in [0.15, 0.2) is 0 Å². The van der Waals surface area contributed by atoms with Gasteiger partial charge in [0, 0.05) is 29.7 Å². The van der Waals surface area contributed by atoms with Gasteiger partial charge in [-0.3, -0.25) is 4.98 Å². The molecule has 2 unspecified atom stereocenters. The lowest BCUT2D eigenvalue weighted by Crippen LogP contribution is -2.20. The van der Waals surface area contributed by atoms with Gasteiger partial charge in [-0.15, -0.1) is 0 Å². The monoisotopic (exact) mass is 268 g/mol. The lowest BCUT2D eigenvalue weighted by Gasteiger charge is -2.18. The van der Waals surface area contributed by atoms with Crippen LogP contribution in [0.3, 0.4) is 0 Å². The molecule has 0 spiro atoms. The molecule has 3 rings (SSSR count). The van der Waals surface area contributed by atoms with Crippen LogP contribution >= 0.6 is 0 Å². The highest BCUT2D eigenvalue weighted by atomic mass is 16.4. The van der Waals surface area contributed by atoms with Crippen molar-refractivity contribution in [3.05, 3.63) is 66.2 Å². The van der Waals surface area contributed by atoms with Crippen molar-refractivity contribution in [3.63, 3.8) is 0 Å². The van der Waals surface area contributed by atoms with Crippen LogP contribution in [0.1, 0.15) is 23.5 Å². The minimum atomic E-state index is -0.803. The highest BCUT2D eigenvalue weighted by Crippen LogP contribution is 2.32. The van der Waals surface area contributed by atoms with Gasteiger partial charge in [0.05, 0.1) is 0 Å². The van der Waals surface area contributed by atoms with E-state index in [2.05, 4.69) is 4.98 Å². The zero-order valence-electron chi connectivity index (χ0n) is 10.9. The molecule has 2 aromatic heterocycles. The molecule has 3 aromatic rings. The Hall–Kier alpha value is -2.17. The molecule has 2 atom stereocenters. The Bertz CT molecular complexity index is 661. The fraction of sp³-hybridized carbons (Fsp3) is 0.188. The number of para-hydroxylation sites is 1. The van der Waals surface area contributed by atoms with Crippen molar-refractivity contribution in [1.82, 2.24) is 4.98 Å². The van der Waals surface area contributed by atoms with Crippen molar-refractivity contribution >= 4 is 11.0 Å². The largest absolute Gasteiger partial charge is 0.458 e. The molecule has 0 aliphatic heterocycles. The average Bonchev–Trinajstić information content (AvgIpc) is 2.93. The van der Waals surface area contributed by atoms with Crippen LogP contribution in [0.4, 0.5) is 0 Å². The zero-order valence-corrected chi connectivity index (χ0v) is 10.9. The van der Waals surface area contributed by atoms with Gasteiger partial charge in [-0.25, -0.2) is 0 Å². The maximum Gasteiger partial charge on any atom is 0.134 e. The third kappa shape index (κ3) is 2.31. The number of aliphatic hydroxyl groups is 1. The third-order valence-electron chi connectivity index (χ3n) is 3.44. The predicted octanol–water partition coefficient (Wildman–Crippen LogP) is 2.60. The van der Waals surface area contributed by atoms with Crippen LogP contribution in [0.2, 0.25) is 0 Å². The van der Waals surface area contributed by atoms with E-state index in [4.69, 9.17) is 10.2 Å². The molecule has 0 saturated carbocycles. The number of hydrogen-bond acceptors (Lipinski definition) is 4. The van der Waals surface area contributed by atoms with Gasteiger partial charge in [0.1, 0.15) is 17.4 Å². The normalized spacial score (nSPS) is 14.3. The van der Waals surface area contributed by atoms with Crippen molar-refractivity contribution in [2.45, 2.75) is 12.0 Å². The van der Waals surface area contributed by atoms with Crippen LogP contribution in [0.15, 0.2) is 59.1 Å². The van der Waals surface area contributed by atoms with E-state index in [-0.39, 0.29) is 5.92 Å². The molecule has 4 nitrogen and oxygen atoms in total. The molecule has 3 N–H and O–H groups in total. The summed E-state index contributed by atoms with van der Waals surface area (Å²) in [5.41, 5.74) is 7.32. The van der Waals surface area contributed by atoms with Crippen molar-refractivity contribution in [2.75, 3.05) is 6.54 Å². The van der Waals surface area contributed by atoms with Gasteiger partial charge in [-0.05, 0) is 24.3 Å². The standard InChI is InChI=1S/C16H16N2O2/c17-10-12(13-6-3-4-8-18-13)16(19)15-9-11-5-1-2-7-14(11)20-15/h1-9,12,16,19H,10,17H2. The second-order valence-corrected chi connectivity index (χ2v) is 4.73. The van der Waals surface area contributed by atoms with Gasteiger partial charge in [0.25, 0.3) is 0 Å². The van der Waals surface area contributed by atoms with Crippen LogP contribution in [0.5, 0.6) is 0 Å². The fourth-order valence-electron chi connectivity index (χ4n) is 2.35. The predicted molar refractivity (Wildman–Crippen MR) is 77.2 cm³/mol. The van der Waals surface area contributed by atoms with Crippen molar-refractivity contribution < 1.29 is 9.52 Å². The first kappa shape index (κ1) is 12.8. The van der Waals surface area contributed by atoms with E-state index in [0.717, 1.165) is 16.7 Å². The number of aromatic nitrogens is 1. The Morgan fingerprint density at radius 3 is 2.65 bits per heavy atom. The number of furan rings is 1. The Balaban J connectivity index is 1.95. The molecular weight excluding hydrogens is 252 g/mol. The minimum Gasteiger partial charge on any atom is -0.458 e. The number of benzene rings is 1. The summed E-state index contributed by atoms with van der Waals surface area (Å²) < 4.78 is 5.70. The van der Waals surface area contributed by atoms with Crippen LogP contribution in [0.25, 0.3) is 11.0 Å². The minimum absolute atomic E-state index is 0.281. The number of aliphatic hydroxyl groups excluding tert-OH is 1. The van der Waals surface area contributed by atoms with E-state index >= 15 is 0 Å². The molecule has 2 heterocycles. The number of pyridine rings is 1. The Labute approximate surface area is 116 Å². The quantitative estimate of drug-likeness (QED) is 0.763. The van der Waals surface area contributed by atoms with Crippen molar-refractivity contribution in [3.8, 4) is 0 Å². The van der Waals surface area contributed by atoms with E-state index in [9.17, 15) is 5.11 Å². The van der Waals surface area contributed by atoms with Gasteiger partial charge < -0.3 is 15.3 Å². The van der Waals surface area contributed by atoms with Gasteiger partial charge in [0.2, 0.25) is 0 Å². The number of rotatable bonds is 4. The summed E-state index contributed by atoms with van der Waals surface area (Å²) >= 11 is 0. The maximum atomic E-state index is 10.5. The number of hydrogen-bond donors (Lipinski definition) is 2. The number of nitrogens with two attached hydrogens (primary N) is 1. The van der Waals surface area contributed by atoms with E-state index in [1.165, 1.54) is 0 Å². The van der Waals surface area contributed by atoms with E-state index < -0.39 is 6.10 Å². The molecule has 0 bridgehead atoms. The second-order valence-electron chi connectivity index (χ2n) is 4.73. The van der Waals surface area contributed by atoms with Crippen LogP contribution in [-0.2, 0) is 0 Å². The molecular formula is C16H16N2O2. The van der Waals surface area contributed by atoms with Crippen LogP contribution < -0.4 is 5.73 Å².